The molecule has 0 bridgehead atoms. The molecule has 0 unspecified atom stereocenters. The van der Waals surface area contributed by atoms with Crippen molar-refractivity contribution in [2.24, 2.45) is 0 Å². The molecule has 1 N–H and O–H groups in total. The molecule has 4 nitrogen and oxygen atoms in total. The van der Waals surface area contributed by atoms with E-state index >= 15 is 0 Å². The maximum Gasteiger partial charge on any atom is 0.263 e. The molecule has 1 aromatic carbocycles. The highest BCUT2D eigenvalue weighted by Crippen LogP contribution is 2.28. The van der Waals surface area contributed by atoms with Gasteiger partial charge in [0, 0.05) is 11.2 Å². The first-order valence-electron chi connectivity index (χ1n) is 5.64. The zero-order chi connectivity index (χ0) is 15.4. The Kier molecular flexibility index (Phi) is 5.70. The van der Waals surface area contributed by atoms with Crippen LogP contribution in [0.25, 0.3) is 0 Å². The minimum Gasteiger partial charge on any atom is -0.483 e. The van der Waals surface area contributed by atoms with Gasteiger partial charge in [-0.25, -0.2) is 4.98 Å². The molecule has 0 aliphatic heterocycles. The molecule has 8 heteroatoms. The number of hydrogen-bond donors (Lipinski definition) is 1. The van der Waals surface area contributed by atoms with Gasteiger partial charge < -0.3 is 10.1 Å². The van der Waals surface area contributed by atoms with Crippen LogP contribution in [-0.4, -0.2) is 17.5 Å². The van der Waals surface area contributed by atoms with Gasteiger partial charge in [-0.15, -0.1) is 0 Å². The molecule has 0 aliphatic carbocycles. The van der Waals surface area contributed by atoms with Gasteiger partial charge in [-0.3, -0.25) is 4.79 Å². The van der Waals surface area contributed by atoms with Crippen LogP contribution in [0, 0.1) is 0 Å². The summed E-state index contributed by atoms with van der Waals surface area (Å²) in [5.41, 5.74) is 0. The molecule has 0 spiro atoms. The normalized spacial score (nSPS) is 10.3. The van der Waals surface area contributed by atoms with Crippen LogP contribution >= 0.6 is 50.7 Å². The zero-order valence-electron chi connectivity index (χ0n) is 10.4. The highest BCUT2D eigenvalue weighted by Gasteiger charge is 2.10. The summed E-state index contributed by atoms with van der Waals surface area (Å²) in [4.78, 5) is 15.7. The molecule has 0 saturated carbocycles. The first kappa shape index (κ1) is 16.4. The summed E-state index contributed by atoms with van der Waals surface area (Å²) in [6.07, 6.45) is 1.39. The van der Waals surface area contributed by atoms with Crippen molar-refractivity contribution < 1.29 is 9.53 Å². The van der Waals surface area contributed by atoms with E-state index in [4.69, 9.17) is 39.5 Å². The average Bonchev–Trinajstić information content (AvgIpc) is 2.41. The summed E-state index contributed by atoms with van der Waals surface area (Å²) in [5.74, 6) is 0.336. The Labute approximate surface area is 144 Å². The second-order valence-corrected chi connectivity index (χ2v) is 6.03. The topological polar surface area (TPSA) is 51.2 Å². The Balaban J connectivity index is 1.96. The minimum atomic E-state index is -0.395. The molecule has 0 radical (unpaired) electrons. The van der Waals surface area contributed by atoms with Crippen LogP contribution in [0.3, 0.4) is 0 Å². The summed E-state index contributed by atoms with van der Waals surface area (Å²) in [6, 6.07) is 6.49. The monoisotopic (exact) mass is 408 g/mol. The molecule has 110 valence electrons. The Bertz CT molecular complexity index is 682. The number of pyridine rings is 1. The summed E-state index contributed by atoms with van der Waals surface area (Å²) in [5, 5.41) is 3.74. The van der Waals surface area contributed by atoms with Crippen molar-refractivity contribution in [3.05, 3.63) is 50.0 Å². The predicted octanol–water partition coefficient (Wildman–Crippen LogP) is 4.82. The summed E-state index contributed by atoms with van der Waals surface area (Å²) < 4.78 is 6.03. The van der Waals surface area contributed by atoms with Crippen LogP contribution in [0.1, 0.15) is 0 Å². The van der Waals surface area contributed by atoms with E-state index in [1.807, 2.05) is 0 Å². The van der Waals surface area contributed by atoms with E-state index in [0.717, 1.165) is 0 Å². The van der Waals surface area contributed by atoms with E-state index in [-0.39, 0.29) is 17.4 Å². The van der Waals surface area contributed by atoms with Gasteiger partial charge in [-0.2, -0.15) is 0 Å². The van der Waals surface area contributed by atoms with Crippen LogP contribution in [-0.2, 0) is 4.79 Å². The van der Waals surface area contributed by atoms with Gasteiger partial charge in [0.1, 0.15) is 5.75 Å². The predicted molar refractivity (Wildman–Crippen MR) is 87.5 cm³/mol. The summed E-state index contributed by atoms with van der Waals surface area (Å²) in [7, 11) is 0. The second kappa shape index (κ2) is 7.31. The highest BCUT2D eigenvalue weighted by atomic mass is 79.9. The largest absolute Gasteiger partial charge is 0.483 e. The van der Waals surface area contributed by atoms with E-state index in [9.17, 15) is 4.79 Å². The summed E-state index contributed by atoms with van der Waals surface area (Å²) in [6.45, 7) is -0.194. The number of carbonyl (C=O) groups is 1. The zero-order valence-corrected chi connectivity index (χ0v) is 14.2. The van der Waals surface area contributed by atoms with Gasteiger partial charge in [-0.1, -0.05) is 34.8 Å². The standard InChI is InChI=1S/C13H8BrCl3N2O2/c14-9-3-7(15)1-2-11(9)21-6-12(20)19-13-10(17)4-8(16)5-18-13/h1-5H,6H2,(H,18,19,20). The lowest BCUT2D eigenvalue weighted by Gasteiger charge is -2.09. The van der Waals surface area contributed by atoms with Crippen LogP contribution in [0.5, 0.6) is 5.75 Å². The number of halogens is 4. The smallest absolute Gasteiger partial charge is 0.263 e. The van der Waals surface area contributed by atoms with Crippen molar-refractivity contribution >= 4 is 62.5 Å². The van der Waals surface area contributed by atoms with Crippen molar-refractivity contribution in [1.82, 2.24) is 4.98 Å². The van der Waals surface area contributed by atoms with Crippen molar-refractivity contribution in [3.8, 4) is 5.75 Å². The maximum absolute atomic E-state index is 11.8. The SMILES string of the molecule is O=C(COc1ccc(Cl)cc1Br)Nc1ncc(Cl)cc1Cl. The number of ether oxygens (including phenoxy) is 1. The van der Waals surface area contributed by atoms with Crippen molar-refractivity contribution in [2.45, 2.75) is 0 Å². The Morgan fingerprint density at radius 3 is 2.67 bits per heavy atom. The highest BCUT2D eigenvalue weighted by molar-refractivity contribution is 9.10. The maximum atomic E-state index is 11.8. The van der Waals surface area contributed by atoms with E-state index in [0.29, 0.717) is 20.3 Å². The number of rotatable bonds is 4. The lowest BCUT2D eigenvalue weighted by molar-refractivity contribution is -0.118. The van der Waals surface area contributed by atoms with Crippen LogP contribution in [0.4, 0.5) is 5.82 Å². The quantitative estimate of drug-likeness (QED) is 0.786. The van der Waals surface area contributed by atoms with Crippen molar-refractivity contribution in [2.75, 3.05) is 11.9 Å². The van der Waals surface area contributed by atoms with E-state index in [1.165, 1.54) is 12.3 Å². The molecule has 2 aromatic rings. The lowest BCUT2D eigenvalue weighted by Crippen LogP contribution is -2.21. The first-order chi connectivity index (χ1) is 9.95. The van der Waals surface area contributed by atoms with Crippen molar-refractivity contribution in [3.63, 3.8) is 0 Å². The number of amides is 1. The number of nitrogens with zero attached hydrogens (tertiary/aromatic N) is 1. The minimum absolute atomic E-state index is 0.194. The molecule has 0 aliphatic rings. The lowest BCUT2D eigenvalue weighted by atomic mass is 10.3. The van der Waals surface area contributed by atoms with Gasteiger partial charge in [0.2, 0.25) is 0 Å². The molecule has 21 heavy (non-hydrogen) atoms. The van der Waals surface area contributed by atoms with E-state index in [2.05, 4.69) is 26.2 Å². The van der Waals surface area contributed by atoms with Crippen LogP contribution in [0.2, 0.25) is 15.1 Å². The molecule has 0 saturated heterocycles. The van der Waals surface area contributed by atoms with E-state index < -0.39 is 5.91 Å². The van der Waals surface area contributed by atoms with Crippen molar-refractivity contribution in [1.29, 1.82) is 0 Å². The Morgan fingerprint density at radius 1 is 1.24 bits per heavy atom. The first-order valence-corrected chi connectivity index (χ1v) is 7.57. The molecule has 1 aromatic heterocycles. The molecule has 2 rings (SSSR count). The summed E-state index contributed by atoms with van der Waals surface area (Å²) >= 11 is 20.7. The van der Waals surface area contributed by atoms with Gasteiger partial charge in [0.05, 0.1) is 14.5 Å². The molecular formula is C13H8BrCl3N2O2. The Morgan fingerprint density at radius 2 is 2.00 bits per heavy atom. The molecule has 0 fully saturated rings. The molecular weight excluding hydrogens is 402 g/mol. The fourth-order valence-corrected chi connectivity index (χ4v) is 2.63. The van der Waals surface area contributed by atoms with Gasteiger partial charge in [0.25, 0.3) is 5.91 Å². The average molecular weight is 410 g/mol. The number of hydrogen-bond acceptors (Lipinski definition) is 3. The number of carbonyl (C=O) groups excluding carboxylic acids is 1. The third kappa shape index (κ3) is 4.74. The van der Waals surface area contributed by atoms with Gasteiger partial charge in [0.15, 0.2) is 12.4 Å². The molecule has 0 atom stereocenters. The fraction of sp³-hybridized carbons (Fsp3) is 0.0769. The number of nitrogens with one attached hydrogen (secondary N) is 1. The van der Waals surface area contributed by atoms with Gasteiger partial charge in [-0.05, 0) is 40.2 Å². The number of anilines is 1. The molecule has 1 amide bonds. The molecule has 1 heterocycles. The van der Waals surface area contributed by atoms with Crippen LogP contribution < -0.4 is 10.1 Å². The van der Waals surface area contributed by atoms with Gasteiger partial charge >= 0.3 is 0 Å². The van der Waals surface area contributed by atoms with Crippen LogP contribution in [0.15, 0.2) is 34.9 Å². The Hall–Kier alpha value is -1.01. The third-order valence-electron chi connectivity index (χ3n) is 2.32. The number of benzene rings is 1. The third-order valence-corrected chi connectivity index (χ3v) is 3.67. The van der Waals surface area contributed by atoms with E-state index in [1.54, 1.807) is 18.2 Å². The second-order valence-electron chi connectivity index (χ2n) is 3.90. The number of aromatic nitrogens is 1. The fourth-order valence-electron chi connectivity index (χ4n) is 1.41.